The van der Waals surface area contributed by atoms with Crippen LogP contribution < -0.4 is 5.32 Å². The molecule has 1 aliphatic heterocycles. The van der Waals surface area contributed by atoms with Gasteiger partial charge in [0.05, 0.1) is 6.61 Å². The fraction of sp³-hybridized carbons (Fsp3) is 0.933. The molecule has 0 aromatic heterocycles. The smallest absolute Gasteiger partial charge is 0.407 e. The lowest BCUT2D eigenvalue weighted by molar-refractivity contribution is 0.0465. The molecule has 118 valence electrons. The number of amides is 1. The Morgan fingerprint density at radius 2 is 1.90 bits per heavy atom. The third-order valence-corrected chi connectivity index (χ3v) is 3.21. The highest BCUT2D eigenvalue weighted by atomic mass is 16.6. The van der Waals surface area contributed by atoms with Gasteiger partial charge in [0.2, 0.25) is 0 Å². The maximum absolute atomic E-state index is 11.7. The van der Waals surface area contributed by atoms with E-state index in [1.54, 1.807) is 0 Å². The van der Waals surface area contributed by atoms with Gasteiger partial charge in [-0.25, -0.2) is 4.79 Å². The molecular formula is C15H30N2O3. The minimum absolute atomic E-state index is 0.234. The van der Waals surface area contributed by atoms with Crippen LogP contribution in [0, 0.1) is 0 Å². The molecule has 20 heavy (non-hydrogen) atoms. The minimum atomic E-state index is -0.429. The molecule has 0 bridgehead atoms. The van der Waals surface area contributed by atoms with Crippen LogP contribution in [0.15, 0.2) is 0 Å². The molecule has 0 saturated carbocycles. The second-order valence-corrected chi connectivity index (χ2v) is 6.37. The van der Waals surface area contributed by atoms with Crippen molar-refractivity contribution in [2.24, 2.45) is 0 Å². The van der Waals surface area contributed by atoms with Crippen molar-refractivity contribution in [3.05, 3.63) is 0 Å². The summed E-state index contributed by atoms with van der Waals surface area (Å²) in [5, 5.41) is 2.95. The van der Waals surface area contributed by atoms with E-state index >= 15 is 0 Å². The number of hydrogen-bond donors (Lipinski definition) is 1. The SMILES string of the molecule is CCCOCCN1CCC(NC(=O)OC(C)(C)C)CC1. The maximum Gasteiger partial charge on any atom is 0.407 e. The van der Waals surface area contributed by atoms with Crippen LogP contribution in [0.3, 0.4) is 0 Å². The van der Waals surface area contributed by atoms with E-state index < -0.39 is 5.60 Å². The van der Waals surface area contributed by atoms with Crippen molar-refractivity contribution in [1.82, 2.24) is 10.2 Å². The molecule has 1 saturated heterocycles. The largest absolute Gasteiger partial charge is 0.444 e. The number of hydrogen-bond acceptors (Lipinski definition) is 4. The number of carbonyl (C=O) groups is 1. The number of likely N-dealkylation sites (tertiary alicyclic amines) is 1. The lowest BCUT2D eigenvalue weighted by atomic mass is 10.1. The van der Waals surface area contributed by atoms with Crippen molar-refractivity contribution in [1.29, 1.82) is 0 Å². The first-order valence-electron chi connectivity index (χ1n) is 7.70. The number of nitrogens with one attached hydrogen (secondary N) is 1. The second kappa shape index (κ2) is 8.47. The van der Waals surface area contributed by atoms with Gasteiger partial charge in [-0.05, 0) is 40.0 Å². The van der Waals surface area contributed by atoms with Gasteiger partial charge in [0.15, 0.2) is 0 Å². The number of carbonyl (C=O) groups excluding carboxylic acids is 1. The van der Waals surface area contributed by atoms with E-state index in [9.17, 15) is 4.79 Å². The third-order valence-electron chi connectivity index (χ3n) is 3.21. The van der Waals surface area contributed by atoms with Crippen LogP contribution in [0.2, 0.25) is 0 Å². The molecule has 1 fully saturated rings. The number of piperidine rings is 1. The van der Waals surface area contributed by atoms with Gasteiger partial charge in [-0.1, -0.05) is 6.92 Å². The van der Waals surface area contributed by atoms with E-state index in [0.717, 1.165) is 52.1 Å². The van der Waals surface area contributed by atoms with Crippen LogP contribution in [0.25, 0.3) is 0 Å². The maximum atomic E-state index is 11.7. The zero-order valence-electron chi connectivity index (χ0n) is 13.4. The zero-order chi connectivity index (χ0) is 15.0. The predicted molar refractivity (Wildman–Crippen MR) is 79.9 cm³/mol. The van der Waals surface area contributed by atoms with E-state index in [0.29, 0.717) is 0 Å². The quantitative estimate of drug-likeness (QED) is 0.762. The second-order valence-electron chi connectivity index (χ2n) is 6.37. The number of alkyl carbamates (subject to hydrolysis) is 1. The number of ether oxygens (including phenoxy) is 2. The first-order valence-corrected chi connectivity index (χ1v) is 7.70. The Labute approximate surface area is 123 Å². The number of nitrogens with zero attached hydrogens (tertiary/aromatic N) is 1. The van der Waals surface area contributed by atoms with Crippen LogP contribution in [-0.4, -0.2) is 55.5 Å². The molecule has 5 nitrogen and oxygen atoms in total. The normalized spacial score (nSPS) is 18.0. The molecular weight excluding hydrogens is 256 g/mol. The molecule has 1 rings (SSSR count). The summed E-state index contributed by atoms with van der Waals surface area (Å²) in [6, 6.07) is 0.234. The molecule has 0 unspecified atom stereocenters. The minimum Gasteiger partial charge on any atom is -0.444 e. The summed E-state index contributed by atoms with van der Waals surface area (Å²) in [7, 11) is 0. The lowest BCUT2D eigenvalue weighted by Crippen LogP contribution is -2.46. The number of rotatable bonds is 6. The van der Waals surface area contributed by atoms with Crippen LogP contribution in [-0.2, 0) is 9.47 Å². The molecule has 1 aliphatic rings. The summed E-state index contributed by atoms with van der Waals surface area (Å²) >= 11 is 0. The molecule has 0 aliphatic carbocycles. The van der Waals surface area contributed by atoms with Crippen molar-refractivity contribution in [2.75, 3.05) is 32.8 Å². The molecule has 5 heteroatoms. The average Bonchev–Trinajstić information content (AvgIpc) is 2.34. The van der Waals surface area contributed by atoms with Crippen molar-refractivity contribution in [3.63, 3.8) is 0 Å². The first kappa shape index (κ1) is 17.2. The fourth-order valence-electron chi connectivity index (χ4n) is 2.22. The molecule has 0 radical (unpaired) electrons. The standard InChI is InChI=1S/C15H30N2O3/c1-5-11-19-12-10-17-8-6-13(7-9-17)16-14(18)20-15(2,3)4/h13H,5-12H2,1-4H3,(H,16,18). The summed E-state index contributed by atoms with van der Waals surface area (Å²) in [5.74, 6) is 0. The molecule has 0 aromatic rings. The van der Waals surface area contributed by atoms with Crippen LogP contribution in [0.1, 0.15) is 47.0 Å². The van der Waals surface area contributed by atoms with Gasteiger partial charge in [-0.2, -0.15) is 0 Å². The highest BCUT2D eigenvalue weighted by Gasteiger charge is 2.23. The highest BCUT2D eigenvalue weighted by molar-refractivity contribution is 5.68. The van der Waals surface area contributed by atoms with Gasteiger partial charge >= 0.3 is 6.09 Å². The molecule has 1 heterocycles. The van der Waals surface area contributed by atoms with Gasteiger partial charge in [-0.15, -0.1) is 0 Å². The Hall–Kier alpha value is -0.810. The van der Waals surface area contributed by atoms with Gasteiger partial charge in [0.1, 0.15) is 5.60 Å². The lowest BCUT2D eigenvalue weighted by Gasteiger charge is -2.32. The van der Waals surface area contributed by atoms with Gasteiger partial charge < -0.3 is 19.7 Å². The van der Waals surface area contributed by atoms with Gasteiger partial charge in [-0.3, -0.25) is 0 Å². The molecule has 1 N–H and O–H groups in total. The Morgan fingerprint density at radius 3 is 2.45 bits per heavy atom. The van der Waals surface area contributed by atoms with E-state index in [4.69, 9.17) is 9.47 Å². The Morgan fingerprint density at radius 1 is 1.25 bits per heavy atom. The Bertz CT molecular complexity index is 281. The summed E-state index contributed by atoms with van der Waals surface area (Å²) in [5.41, 5.74) is -0.429. The van der Waals surface area contributed by atoms with E-state index in [-0.39, 0.29) is 12.1 Å². The monoisotopic (exact) mass is 286 g/mol. The summed E-state index contributed by atoms with van der Waals surface area (Å²) < 4.78 is 10.8. The fourth-order valence-corrected chi connectivity index (χ4v) is 2.22. The third kappa shape index (κ3) is 7.70. The summed E-state index contributed by atoms with van der Waals surface area (Å²) in [6.07, 6.45) is 2.73. The summed E-state index contributed by atoms with van der Waals surface area (Å²) in [6.45, 7) is 12.4. The highest BCUT2D eigenvalue weighted by Crippen LogP contribution is 2.12. The van der Waals surface area contributed by atoms with Gasteiger partial charge in [0.25, 0.3) is 0 Å². The first-order chi connectivity index (χ1) is 9.40. The van der Waals surface area contributed by atoms with Crippen molar-refractivity contribution >= 4 is 6.09 Å². The van der Waals surface area contributed by atoms with Crippen LogP contribution >= 0.6 is 0 Å². The summed E-state index contributed by atoms with van der Waals surface area (Å²) in [4.78, 5) is 14.1. The zero-order valence-corrected chi connectivity index (χ0v) is 13.4. The average molecular weight is 286 g/mol. The van der Waals surface area contributed by atoms with Crippen LogP contribution in [0.4, 0.5) is 4.79 Å². The Kier molecular flexibility index (Phi) is 7.30. The molecule has 0 aromatic carbocycles. The van der Waals surface area contributed by atoms with E-state index in [1.807, 2.05) is 20.8 Å². The van der Waals surface area contributed by atoms with Crippen molar-refractivity contribution in [3.8, 4) is 0 Å². The topological polar surface area (TPSA) is 50.8 Å². The predicted octanol–water partition coefficient (Wildman–Crippen LogP) is 2.40. The van der Waals surface area contributed by atoms with Crippen LogP contribution in [0.5, 0.6) is 0 Å². The van der Waals surface area contributed by atoms with E-state index in [2.05, 4.69) is 17.1 Å². The van der Waals surface area contributed by atoms with E-state index in [1.165, 1.54) is 0 Å². The molecule has 0 spiro atoms. The molecule has 0 atom stereocenters. The molecule has 1 amide bonds. The van der Waals surface area contributed by atoms with Crippen molar-refractivity contribution in [2.45, 2.75) is 58.6 Å². The Balaban J connectivity index is 2.14. The van der Waals surface area contributed by atoms with Gasteiger partial charge in [0, 0.05) is 32.3 Å². The van der Waals surface area contributed by atoms with Crippen molar-refractivity contribution < 1.29 is 14.3 Å².